The molecule has 3 rings (SSSR count). The number of nitrogens with one attached hydrogen (secondary N) is 2. The molecule has 9 heteroatoms. The van der Waals surface area contributed by atoms with Crippen LogP contribution in [0.1, 0.15) is 18.4 Å². The fraction of sp³-hybridized carbons (Fsp3) is 0.375. The summed E-state index contributed by atoms with van der Waals surface area (Å²) in [7, 11) is -3.56. The number of aromatic amines is 1. The molecular weight excluding hydrogens is 364 g/mol. The molecule has 1 aromatic carbocycles. The lowest BCUT2D eigenvalue weighted by molar-refractivity contribution is -0.126. The standard InChI is InChI=1S/C16H19ClN4O3S/c17-14-4-2-1-3-13(14)9-19-16(22)12-5-7-21(8-6-12)25(23,24)15-10-18-11-20-15/h1-4,10-12H,5-9H2,(H,18,20)(H,19,22). The monoisotopic (exact) mass is 382 g/mol. The molecule has 1 aromatic heterocycles. The highest BCUT2D eigenvalue weighted by Gasteiger charge is 2.32. The van der Waals surface area contributed by atoms with Gasteiger partial charge in [-0.3, -0.25) is 4.79 Å². The summed E-state index contributed by atoms with van der Waals surface area (Å²) in [6.07, 6.45) is 3.60. The first kappa shape index (κ1) is 17.9. The predicted molar refractivity (Wildman–Crippen MR) is 93.4 cm³/mol. The van der Waals surface area contributed by atoms with Gasteiger partial charge in [0.05, 0.1) is 12.5 Å². The van der Waals surface area contributed by atoms with E-state index in [4.69, 9.17) is 11.6 Å². The SMILES string of the molecule is O=C(NCc1ccccc1Cl)C1CCN(S(=O)(=O)c2cnc[nH]2)CC1. The summed E-state index contributed by atoms with van der Waals surface area (Å²) in [4.78, 5) is 18.7. The van der Waals surface area contributed by atoms with Crippen molar-refractivity contribution in [2.45, 2.75) is 24.4 Å². The van der Waals surface area contributed by atoms with E-state index < -0.39 is 10.0 Å². The summed E-state index contributed by atoms with van der Waals surface area (Å²) >= 11 is 6.08. The van der Waals surface area contributed by atoms with Gasteiger partial charge in [-0.25, -0.2) is 13.4 Å². The third-order valence-corrected chi connectivity index (χ3v) is 6.52. The van der Waals surface area contributed by atoms with Gasteiger partial charge in [0, 0.05) is 30.6 Å². The lowest BCUT2D eigenvalue weighted by atomic mass is 9.97. The molecule has 1 aliphatic rings. The third-order valence-electron chi connectivity index (χ3n) is 4.33. The summed E-state index contributed by atoms with van der Waals surface area (Å²) in [6, 6.07) is 7.35. The summed E-state index contributed by atoms with van der Waals surface area (Å²) in [5.74, 6) is -0.269. The molecule has 0 radical (unpaired) electrons. The Bertz CT molecular complexity index is 831. The van der Waals surface area contributed by atoms with Crippen LogP contribution in [0, 0.1) is 5.92 Å². The first-order valence-electron chi connectivity index (χ1n) is 7.98. The number of amides is 1. The molecule has 2 aromatic rings. The second-order valence-corrected chi connectivity index (χ2v) is 8.22. The number of halogens is 1. The Morgan fingerprint density at radius 3 is 2.68 bits per heavy atom. The molecule has 0 atom stereocenters. The molecule has 0 unspecified atom stereocenters. The van der Waals surface area contributed by atoms with Gasteiger partial charge >= 0.3 is 0 Å². The third kappa shape index (κ3) is 4.02. The normalized spacial score (nSPS) is 16.7. The summed E-state index contributed by atoms with van der Waals surface area (Å²) in [5.41, 5.74) is 0.858. The number of hydrogen-bond donors (Lipinski definition) is 2. The molecule has 1 aliphatic heterocycles. The second kappa shape index (κ2) is 7.55. The van der Waals surface area contributed by atoms with Crippen LogP contribution in [-0.2, 0) is 21.4 Å². The fourth-order valence-electron chi connectivity index (χ4n) is 2.85. The van der Waals surface area contributed by atoms with E-state index in [2.05, 4.69) is 15.3 Å². The van der Waals surface area contributed by atoms with Crippen molar-refractivity contribution in [3.63, 3.8) is 0 Å². The minimum atomic E-state index is -3.56. The molecule has 25 heavy (non-hydrogen) atoms. The molecule has 0 bridgehead atoms. The van der Waals surface area contributed by atoms with Gasteiger partial charge in [-0.1, -0.05) is 29.8 Å². The second-order valence-electron chi connectivity index (χ2n) is 5.90. The number of hydrogen-bond acceptors (Lipinski definition) is 4. The first-order valence-corrected chi connectivity index (χ1v) is 9.80. The number of benzene rings is 1. The molecule has 1 fully saturated rings. The highest BCUT2D eigenvalue weighted by molar-refractivity contribution is 7.89. The van der Waals surface area contributed by atoms with Crippen molar-refractivity contribution in [3.05, 3.63) is 47.4 Å². The first-order chi connectivity index (χ1) is 12.0. The zero-order valence-corrected chi connectivity index (χ0v) is 15.1. The molecule has 7 nitrogen and oxygen atoms in total. The smallest absolute Gasteiger partial charge is 0.260 e. The molecule has 0 saturated carbocycles. The summed E-state index contributed by atoms with van der Waals surface area (Å²) < 4.78 is 26.2. The summed E-state index contributed by atoms with van der Waals surface area (Å²) in [6.45, 7) is 0.988. The number of H-pyrrole nitrogens is 1. The number of carbonyl (C=O) groups is 1. The van der Waals surface area contributed by atoms with E-state index in [1.54, 1.807) is 6.07 Å². The van der Waals surface area contributed by atoms with Gasteiger partial charge in [0.15, 0.2) is 5.03 Å². The maximum absolute atomic E-state index is 12.4. The number of carbonyl (C=O) groups excluding carboxylic acids is 1. The van der Waals surface area contributed by atoms with Crippen LogP contribution >= 0.6 is 11.6 Å². The highest BCUT2D eigenvalue weighted by atomic mass is 35.5. The molecular formula is C16H19ClN4O3S. The molecule has 0 aliphatic carbocycles. The molecule has 0 spiro atoms. The van der Waals surface area contributed by atoms with Crippen LogP contribution in [0.4, 0.5) is 0 Å². The van der Waals surface area contributed by atoms with Gasteiger partial charge in [0.2, 0.25) is 5.91 Å². The van der Waals surface area contributed by atoms with E-state index in [0.717, 1.165) is 5.56 Å². The molecule has 1 saturated heterocycles. The number of imidazole rings is 1. The maximum Gasteiger partial charge on any atom is 0.260 e. The van der Waals surface area contributed by atoms with E-state index >= 15 is 0 Å². The predicted octanol–water partition coefficient (Wildman–Crippen LogP) is 1.78. The molecule has 1 amide bonds. The van der Waals surface area contributed by atoms with Crippen LogP contribution in [0.5, 0.6) is 0 Å². The lowest BCUT2D eigenvalue weighted by Gasteiger charge is -2.30. The van der Waals surface area contributed by atoms with E-state index in [1.807, 2.05) is 18.2 Å². The average molecular weight is 383 g/mol. The van der Waals surface area contributed by atoms with E-state index in [1.165, 1.54) is 16.8 Å². The van der Waals surface area contributed by atoms with Gasteiger partial charge in [-0.15, -0.1) is 0 Å². The number of sulfonamides is 1. The topological polar surface area (TPSA) is 95.2 Å². The minimum absolute atomic E-state index is 0.0708. The molecule has 2 N–H and O–H groups in total. The van der Waals surface area contributed by atoms with Crippen LogP contribution in [0.25, 0.3) is 0 Å². The zero-order valence-electron chi connectivity index (χ0n) is 13.5. The van der Waals surface area contributed by atoms with E-state index in [-0.39, 0.29) is 16.9 Å². The Hall–Kier alpha value is -1.90. The van der Waals surface area contributed by atoms with E-state index in [0.29, 0.717) is 37.5 Å². The number of aromatic nitrogens is 2. The number of rotatable bonds is 5. The highest BCUT2D eigenvalue weighted by Crippen LogP contribution is 2.23. The van der Waals surface area contributed by atoms with Crippen molar-refractivity contribution >= 4 is 27.5 Å². The van der Waals surface area contributed by atoms with Crippen molar-refractivity contribution < 1.29 is 13.2 Å². The van der Waals surface area contributed by atoms with Gasteiger partial charge in [0.1, 0.15) is 0 Å². The average Bonchev–Trinajstić information content (AvgIpc) is 3.16. The van der Waals surface area contributed by atoms with Gasteiger partial charge in [0.25, 0.3) is 10.0 Å². The zero-order chi connectivity index (χ0) is 17.9. The Labute approximate surface area is 151 Å². The van der Waals surface area contributed by atoms with Crippen LogP contribution in [-0.4, -0.2) is 41.7 Å². The van der Waals surface area contributed by atoms with Gasteiger partial charge < -0.3 is 10.3 Å². The Morgan fingerprint density at radius 2 is 2.04 bits per heavy atom. The van der Waals surface area contributed by atoms with Crippen LogP contribution < -0.4 is 5.32 Å². The Kier molecular flexibility index (Phi) is 5.41. The van der Waals surface area contributed by atoms with Crippen molar-refractivity contribution in [1.29, 1.82) is 0 Å². The largest absolute Gasteiger partial charge is 0.352 e. The lowest BCUT2D eigenvalue weighted by Crippen LogP contribution is -2.42. The van der Waals surface area contributed by atoms with Crippen LogP contribution in [0.2, 0.25) is 5.02 Å². The number of nitrogens with zero attached hydrogens (tertiary/aromatic N) is 2. The van der Waals surface area contributed by atoms with Crippen molar-refractivity contribution in [2.24, 2.45) is 5.92 Å². The van der Waals surface area contributed by atoms with Crippen molar-refractivity contribution in [1.82, 2.24) is 19.6 Å². The molecule has 2 heterocycles. The maximum atomic E-state index is 12.4. The Morgan fingerprint density at radius 1 is 1.32 bits per heavy atom. The van der Waals surface area contributed by atoms with Gasteiger partial charge in [-0.2, -0.15) is 4.31 Å². The fourth-order valence-corrected chi connectivity index (χ4v) is 4.42. The van der Waals surface area contributed by atoms with Crippen LogP contribution in [0.15, 0.2) is 41.8 Å². The Balaban J connectivity index is 1.54. The summed E-state index contributed by atoms with van der Waals surface area (Å²) in [5, 5.41) is 3.58. The van der Waals surface area contributed by atoms with Gasteiger partial charge in [-0.05, 0) is 24.5 Å². The molecule has 134 valence electrons. The quantitative estimate of drug-likeness (QED) is 0.823. The number of piperidine rings is 1. The van der Waals surface area contributed by atoms with Crippen molar-refractivity contribution in [2.75, 3.05) is 13.1 Å². The van der Waals surface area contributed by atoms with Crippen molar-refractivity contribution in [3.8, 4) is 0 Å². The van der Waals surface area contributed by atoms with Crippen LogP contribution in [0.3, 0.4) is 0 Å². The van der Waals surface area contributed by atoms with E-state index in [9.17, 15) is 13.2 Å². The minimum Gasteiger partial charge on any atom is -0.352 e.